The van der Waals surface area contributed by atoms with E-state index in [0.29, 0.717) is 19.4 Å². The molecule has 1 N–H and O–H groups in total. The van der Waals surface area contributed by atoms with Crippen LogP contribution in [-0.2, 0) is 24.2 Å². The lowest BCUT2D eigenvalue weighted by Crippen LogP contribution is -2.26. The minimum Gasteiger partial charge on any atom is -0.481 e. The molecule has 2 rings (SSSR count). The largest absolute Gasteiger partial charge is 0.481 e. The summed E-state index contributed by atoms with van der Waals surface area (Å²) in [6.07, 6.45) is 3.08. The van der Waals surface area contributed by atoms with Crippen LogP contribution in [-0.4, -0.2) is 25.8 Å². The van der Waals surface area contributed by atoms with Crippen molar-refractivity contribution in [3.63, 3.8) is 0 Å². The van der Waals surface area contributed by atoms with Crippen molar-refractivity contribution in [1.82, 2.24) is 14.8 Å². The van der Waals surface area contributed by atoms with Crippen molar-refractivity contribution in [1.29, 1.82) is 0 Å². The summed E-state index contributed by atoms with van der Waals surface area (Å²) in [5, 5.41) is 13.3. The second-order valence-electron chi connectivity index (χ2n) is 3.95. The molecule has 0 spiro atoms. The smallest absolute Gasteiger partial charge is 0.307 e. The van der Waals surface area contributed by atoms with Crippen LogP contribution in [0.1, 0.15) is 31.4 Å². The molecule has 0 radical (unpaired) electrons. The Labute approximate surface area is 88.1 Å². The number of rotatable bonds is 3. The third-order valence-corrected chi connectivity index (χ3v) is 2.73. The fraction of sp³-hybridized carbons (Fsp3) is 0.700. The standard InChI is InChI=1S/C10H15N3O2/c1-2-3-8-11-9-6-7(10(14)15)4-5-13(9)12-8/h7H,2-6H2,1H3,(H,14,15). The molecule has 82 valence electrons. The van der Waals surface area contributed by atoms with Crippen LogP contribution in [0.5, 0.6) is 0 Å². The number of carboxylic acids is 1. The highest BCUT2D eigenvalue weighted by atomic mass is 16.4. The summed E-state index contributed by atoms with van der Waals surface area (Å²) in [5.74, 6) is 0.674. The lowest BCUT2D eigenvalue weighted by molar-refractivity contribution is -0.142. The summed E-state index contributed by atoms with van der Waals surface area (Å²) in [6.45, 7) is 2.77. The van der Waals surface area contributed by atoms with E-state index in [9.17, 15) is 4.79 Å². The summed E-state index contributed by atoms with van der Waals surface area (Å²) < 4.78 is 1.85. The van der Waals surface area contributed by atoms with Crippen LogP contribution in [0.25, 0.3) is 0 Å². The van der Waals surface area contributed by atoms with Gasteiger partial charge in [-0.25, -0.2) is 9.67 Å². The number of carbonyl (C=O) groups is 1. The zero-order chi connectivity index (χ0) is 10.8. The molecule has 1 aliphatic heterocycles. The van der Waals surface area contributed by atoms with E-state index in [1.165, 1.54) is 0 Å². The molecule has 1 unspecified atom stereocenters. The highest BCUT2D eigenvalue weighted by molar-refractivity contribution is 5.70. The van der Waals surface area contributed by atoms with Crippen molar-refractivity contribution in [3.8, 4) is 0 Å². The average Bonchev–Trinajstić information content (AvgIpc) is 2.59. The first-order chi connectivity index (χ1) is 7.20. The van der Waals surface area contributed by atoms with Crippen molar-refractivity contribution in [2.75, 3.05) is 0 Å². The molecule has 1 aliphatic rings. The van der Waals surface area contributed by atoms with Crippen molar-refractivity contribution in [2.45, 2.75) is 39.2 Å². The van der Waals surface area contributed by atoms with E-state index in [-0.39, 0.29) is 5.92 Å². The van der Waals surface area contributed by atoms with Gasteiger partial charge < -0.3 is 5.11 Å². The Morgan fingerprint density at radius 2 is 2.47 bits per heavy atom. The van der Waals surface area contributed by atoms with Crippen molar-refractivity contribution < 1.29 is 9.90 Å². The predicted molar refractivity (Wildman–Crippen MR) is 53.5 cm³/mol. The molecule has 0 amide bonds. The van der Waals surface area contributed by atoms with Crippen LogP contribution in [0, 0.1) is 5.92 Å². The van der Waals surface area contributed by atoms with Gasteiger partial charge in [0.25, 0.3) is 0 Å². The van der Waals surface area contributed by atoms with Crippen molar-refractivity contribution in [2.24, 2.45) is 5.92 Å². The number of fused-ring (bicyclic) bond motifs is 1. The van der Waals surface area contributed by atoms with Crippen LogP contribution >= 0.6 is 0 Å². The molecule has 1 atom stereocenters. The number of carboxylic acid groups (broad SMARTS) is 1. The Balaban J connectivity index is 2.15. The predicted octanol–water partition coefficient (Wildman–Crippen LogP) is 0.878. The van der Waals surface area contributed by atoms with E-state index >= 15 is 0 Å². The quantitative estimate of drug-likeness (QED) is 0.802. The fourth-order valence-corrected chi connectivity index (χ4v) is 1.90. The van der Waals surface area contributed by atoms with E-state index in [0.717, 1.165) is 24.5 Å². The Bertz CT molecular complexity index is 373. The maximum atomic E-state index is 10.8. The normalized spacial score (nSPS) is 19.9. The Kier molecular flexibility index (Phi) is 2.70. The molecule has 5 heteroatoms. The molecule has 0 fully saturated rings. The van der Waals surface area contributed by atoms with Crippen molar-refractivity contribution in [3.05, 3.63) is 11.6 Å². The molecule has 1 aromatic heterocycles. The average molecular weight is 209 g/mol. The van der Waals surface area contributed by atoms with Gasteiger partial charge >= 0.3 is 5.97 Å². The van der Waals surface area contributed by atoms with Gasteiger partial charge in [0.2, 0.25) is 0 Å². The summed E-state index contributed by atoms with van der Waals surface area (Å²) in [6, 6.07) is 0. The third kappa shape index (κ3) is 2.00. The molecule has 0 aromatic carbocycles. The minimum absolute atomic E-state index is 0.281. The van der Waals surface area contributed by atoms with Crippen LogP contribution in [0.2, 0.25) is 0 Å². The second-order valence-corrected chi connectivity index (χ2v) is 3.95. The maximum Gasteiger partial charge on any atom is 0.307 e. The third-order valence-electron chi connectivity index (χ3n) is 2.73. The van der Waals surface area contributed by atoms with Gasteiger partial charge in [-0.05, 0) is 12.8 Å². The molecule has 0 aliphatic carbocycles. The number of aliphatic carboxylic acids is 1. The number of hydrogen-bond acceptors (Lipinski definition) is 3. The first-order valence-corrected chi connectivity index (χ1v) is 5.36. The number of aromatic nitrogens is 3. The van der Waals surface area contributed by atoms with Crippen molar-refractivity contribution >= 4 is 5.97 Å². The van der Waals surface area contributed by atoms with Gasteiger partial charge in [0, 0.05) is 19.4 Å². The van der Waals surface area contributed by atoms with Gasteiger partial charge in [-0.1, -0.05) is 6.92 Å². The number of aryl methyl sites for hydroxylation is 2. The monoisotopic (exact) mass is 209 g/mol. The lowest BCUT2D eigenvalue weighted by atomic mass is 9.98. The number of hydrogen-bond donors (Lipinski definition) is 1. The van der Waals surface area contributed by atoms with Crippen LogP contribution in [0.3, 0.4) is 0 Å². The Morgan fingerprint density at radius 1 is 1.67 bits per heavy atom. The van der Waals surface area contributed by atoms with E-state index < -0.39 is 5.97 Å². The second kappa shape index (κ2) is 4.00. The highest BCUT2D eigenvalue weighted by Crippen LogP contribution is 2.19. The summed E-state index contributed by atoms with van der Waals surface area (Å²) >= 11 is 0. The maximum absolute atomic E-state index is 10.8. The Morgan fingerprint density at radius 3 is 3.13 bits per heavy atom. The number of nitrogens with zero attached hydrogens (tertiary/aromatic N) is 3. The van der Waals surface area contributed by atoms with Gasteiger partial charge in [-0.15, -0.1) is 0 Å². The SMILES string of the molecule is CCCc1nc2n(n1)CCC(C(=O)O)C2. The van der Waals surface area contributed by atoms with Crippen LogP contribution in [0.15, 0.2) is 0 Å². The van der Waals surface area contributed by atoms with Gasteiger partial charge in [0.05, 0.1) is 5.92 Å². The zero-order valence-corrected chi connectivity index (χ0v) is 8.81. The van der Waals surface area contributed by atoms with Gasteiger partial charge in [-0.2, -0.15) is 5.10 Å². The van der Waals surface area contributed by atoms with Crippen LogP contribution < -0.4 is 0 Å². The molecule has 0 bridgehead atoms. The van der Waals surface area contributed by atoms with E-state index in [1.54, 1.807) is 0 Å². The molecule has 1 aromatic rings. The summed E-state index contributed by atoms with van der Waals surface area (Å²) in [4.78, 5) is 15.2. The molecular formula is C10H15N3O2. The molecule has 2 heterocycles. The summed E-state index contributed by atoms with van der Waals surface area (Å²) in [7, 11) is 0. The topological polar surface area (TPSA) is 68.0 Å². The fourth-order valence-electron chi connectivity index (χ4n) is 1.90. The van der Waals surface area contributed by atoms with Crippen LogP contribution in [0.4, 0.5) is 0 Å². The van der Waals surface area contributed by atoms with E-state index in [1.807, 2.05) is 4.68 Å². The first-order valence-electron chi connectivity index (χ1n) is 5.36. The van der Waals surface area contributed by atoms with E-state index in [4.69, 9.17) is 5.11 Å². The lowest BCUT2D eigenvalue weighted by Gasteiger charge is -2.17. The molecular weight excluding hydrogens is 194 g/mol. The highest BCUT2D eigenvalue weighted by Gasteiger charge is 2.26. The molecule has 5 nitrogen and oxygen atoms in total. The molecule has 15 heavy (non-hydrogen) atoms. The molecule has 0 saturated heterocycles. The Hall–Kier alpha value is -1.39. The molecule has 0 saturated carbocycles. The van der Waals surface area contributed by atoms with Gasteiger partial charge in [-0.3, -0.25) is 4.79 Å². The minimum atomic E-state index is -0.721. The first kappa shape index (κ1) is 10.1. The zero-order valence-electron chi connectivity index (χ0n) is 8.81. The van der Waals surface area contributed by atoms with Gasteiger partial charge in [0.15, 0.2) is 5.82 Å². The van der Waals surface area contributed by atoms with Gasteiger partial charge in [0.1, 0.15) is 5.82 Å². The summed E-state index contributed by atoms with van der Waals surface area (Å²) in [5.41, 5.74) is 0. The van der Waals surface area contributed by atoms with E-state index in [2.05, 4.69) is 17.0 Å².